The Hall–Kier alpha value is -2.68. The molecule has 3 heteroatoms. The average Bonchev–Trinajstić information content (AvgIpc) is 3.29. The van der Waals surface area contributed by atoms with Gasteiger partial charge in [0.05, 0.1) is 5.69 Å². The summed E-state index contributed by atoms with van der Waals surface area (Å²) in [5.74, 6) is 0.566. The van der Waals surface area contributed by atoms with Crippen molar-refractivity contribution in [1.29, 1.82) is 0 Å². The SMILES string of the molecule is C/C=C\CCc1ccc2c(c1)oc1c3c(ccc12)C(CC)CCN1C=CN3[C@@H]1C. The zero-order valence-corrected chi connectivity index (χ0v) is 17.7. The zero-order valence-electron chi connectivity index (χ0n) is 17.7. The molecule has 0 N–H and O–H groups in total. The topological polar surface area (TPSA) is 19.6 Å². The summed E-state index contributed by atoms with van der Waals surface area (Å²) < 4.78 is 6.57. The van der Waals surface area contributed by atoms with Crippen molar-refractivity contribution in [2.45, 2.75) is 58.5 Å². The van der Waals surface area contributed by atoms with Crippen LogP contribution in [-0.2, 0) is 6.42 Å². The molecule has 5 rings (SSSR count). The lowest BCUT2D eigenvalue weighted by molar-refractivity contribution is 0.296. The third-order valence-electron chi connectivity index (χ3n) is 6.77. The van der Waals surface area contributed by atoms with Crippen LogP contribution in [0.4, 0.5) is 5.69 Å². The summed E-state index contributed by atoms with van der Waals surface area (Å²) >= 11 is 0. The van der Waals surface area contributed by atoms with Crippen molar-refractivity contribution >= 4 is 27.6 Å². The van der Waals surface area contributed by atoms with Gasteiger partial charge in [0.1, 0.15) is 11.7 Å². The second-order valence-corrected chi connectivity index (χ2v) is 8.39. The quantitative estimate of drug-likeness (QED) is 0.453. The molecule has 1 aromatic heterocycles. The summed E-state index contributed by atoms with van der Waals surface area (Å²) in [6.45, 7) is 7.78. The molecule has 0 saturated carbocycles. The van der Waals surface area contributed by atoms with Gasteiger partial charge in [-0.25, -0.2) is 0 Å². The van der Waals surface area contributed by atoms with Crippen LogP contribution in [0.1, 0.15) is 57.1 Å². The molecule has 0 spiro atoms. The first-order valence-corrected chi connectivity index (χ1v) is 11.0. The van der Waals surface area contributed by atoms with Crippen LogP contribution in [0.5, 0.6) is 0 Å². The van der Waals surface area contributed by atoms with Crippen molar-refractivity contribution in [1.82, 2.24) is 4.90 Å². The third kappa shape index (κ3) is 2.95. The van der Waals surface area contributed by atoms with Crippen LogP contribution in [0.15, 0.2) is 59.3 Å². The normalized spacial score (nSPS) is 21.3. The minimum atomic E-state index is 0.335. The van der Waals surface area contributed by atoms with Gasteiger partial charge in [0.15, 0.2) is 5.58 Å². The molecule has 29 heavy (non-hydrogen) atoms. The number of nitrogens with zero attached hydrogens (tertiary/aromatic N) is 2. The minimum absolute atomic E-state index is 0.335. The summed E-state index contributed by atoms with van der Waals surface area (Å²) in [4.78, 5) is 4.86. The molecule has 2 aromatic carbocycles. The molecule has 2 aliphatic rings. The molecule has 0 aliphatic carbocycles. The fourth-order valence-corrected chi connectivity index (χ4v) is 5.03. The van der Waals surface area contributed by atoms with Gasteiger partial charge in [0.2, 0.25) is 0 Å². The van der Waals surface area contributed by atoms with E-state index in [0.717, 1.165) is 37.0 Å². The highest BCUT2D eigenvalue weighted by molar-refractivity contribution is 6.10. The summed E-state index contributed by atoms with van der Waals surface area (Å²) in [5.41, 5.74) is 6.10. The number of benzene rings is 2. The third-order valence-corrected chi connectivity index (χ3v) is 6.77. The van der Waals surface area contributed by atoms with Crippen LogP contribution in [0.25, 0.3) is 21.9 Å². The highest BCUT2D eigenvalue weighted by Gasteiger charge is 2.32. The van der Waals surface area contributed by atoms with Crippen molar-refractivity contribution in [2.24, 2.45) is 0 Å². The Bertz CT molecular complexity index is 1110. The molecule has 3 aromatic rings. The molecule has 3 nitrogen and oxygen atoms in total. The van der Waals surface area contributed by atoms with Gasteiger partial charge in [-0.3, -0.25) is 0 Å². The summed E-state index contributed by atoms with van der Waals surface area (Å²) in [5, 5.41) is 2.45. The van der Waals surface area contributed by atoms with E-state index in [-0.39, 0.29) is 0 Å². The van der Waals surface area contributed by atoms with Crippen LogP contribution in [0, 0.1) is 0 Å². The fourth-order valence-electron chi connectivity index (χ4n) is 5.03. The van der Waals surface area contributed by atoms with Crippen LogP contribution in [0.2, 0.25) is 0 Å². The monoisotopic (exact) mass is 386 g/mol. The van der Waals surface area contributed by atoms with Crippen molar-refractivity contribution in [3.05, 3.63) is 66.0 Å². The highest BCUT2D eigenvalue weighted by atomic mass is 16.3. The van der Waals surface area contributed by atoms with Gasteiger partial charge >= 0.3 is 0 Å². The lowest BCUT2D eigenvalue weighted by Crippen LogP contribution is -2.39. The van der Waals surface area contributed by atoms with Crippen molar-refractivity contribution in [3.63, 3.8) is 0 Å². The van der Waals surface area contributed by atoms with Gasteiger partial charge in [-0.1, -0.05) is 43.3 Å². The smallest absolute Gasteiger partial charge is 0.159 e. The van der Waals surface area contributed by atoms with Gasteiger partial charge in [-0.2, -0.15) is 0 Å². The molecule has 0 radical (unpaired) electrons. The first-order chi connectivity index (χ1) is 14.2. The number of hydrogen-bond acceptors (Lipinski definition) is 3. The van der Waals surface area contributed by atoms with E-state index in [2.05, 4.69) is 85.5 Å². The molecular formula is C26H30N2O. The standard InChI is InChI=1S/C26H30N2O/c1-4-6-7-8-19-9-10-22-23-12-11-21-20(5-2)13-14-27-15-16-28(18(27)3)25(21)26(23)29-24(22)17-19/h4,6,9-12,15-18,20H,5,7-8,13-14H2,1-3H3/b6-4-/t18-,20?/m1/s1. The summed E-state index contributed by atoms with van der Waals surface area (Å²) in [6, 6.07) is 11.4. The Balaban J connectivity index is 1.69. The summed E-state index contributed by atoms with van der Waals surface area (Å²) in [7, 11) is 0. The van der Waals surface area contributed by atoms with Crippen molar-refractivity contribution < 1.29 is 4.42 Å². The Morgan fingerprint density at radius 2 is 2.00 bits per heavy atom. The first kappa shape index (κ1) is 18.4. The molecule has 2 aliphatic heterocycles. The molecule has 2 atom stereocenters. The van der Waals surface area contributed by atoms with Crippen molar-refractivity contribution in [3.8, 4) is 0 Å². The molecule has 0 fully saturated rings. The second kappa shape index (κ2) is 7.29. The van der Waals surface area contributed by atoms with Crippen LogP contribution in [0.3, 0.4) is 0 Å². The lowest BCUT2D eigenvalue weighted by atomic mass is 9.89. The predicted molar refractivity (Wildman–Crippen MR) is 122 cm³/mol. The fraction of sp³-hybridized carbons (Fsp3) is 0.385. The Morgan fingerprint density at radius 3 is 2.83 bits per heavy atom. The number of anilines is 1. The highest BCUT2D eigenvalue weighted by Crippen LogP contribution is 2.45. The van der Waals surface area contributed by atoms with Gasteiger partial charge in [0.25, 0.3) is 0 Å². The molecule has 3 heterocycles. The maximum absolute atomic E-state index is 6.57. The lowest BCUT2D eigenvalue weighted by Gasteiger charge is -2.36. The van der Waals surface area contributed by atoms with E-state index < -0.39 is 0 Å². The van der Waals surface area contributed by atoms with Gasteiger partial charge in [-0.15, -0.1) is 0 Å². The van der Waals surface area contributed by atoms with E-state index in [1.807, 2.05) is 0 Å². The number of fused-ring (bicyclic) bond motifs is 8. The molecular weight excluding hydrogens is 356 g/mol. The molecule has 2 bridgehead atoms. The molecule has 150 valence electrons. The van der Waals surface area contributed by atoms with E-state index in [0.29, 0.717) is 12.1 Å². The molecule has 0 saturated heterocycles. The first-order valence-electron chi connectivity index (χ1n) is 11.0. The second-order valence-electron chi connectivity index (χ2n) is 8.39. The van der Waals surface area contributed by atoms with E-state index in [1.54, 1.807) is 0 Å². The van der Waals surface area contributed by atoms with E-state index >= 15 is 0 Å². The number of aryl methyl sites for hydroxylation is 1. The van der Waals surface area contributed by atoms with Crippen molar-refractivity contribution in [2.75, 3.05) is 11.4 Å². The van der Waals surface area contributed by atoms with Gasteiger partial charge in [0, 0.05) is 29.7 Å². The van der Waals surface area contributed by atoms with E-state index in [4.69, 9.17) is 4.42 Å². The molecule has 1 unspecified atom stereocenters. The average molecular weight is 387 g/mol. The Kier molecular flexibility index (Phi) is 4.61. The number of rotatable bonds is 4. The Morgan fingerprint density at radius 1 is 1.14 bits per heavy atom. The largest absolute Gasteiger partial charge is 0.454 e. The van der Waals surface area contributed by atoms with Crippen LogP contribution >= 0.6 is 0 Å². The van der Waals surface area contributed by atoms with Gasteiger partial charge < -0.3 is 14.2 Å². The van der Waals surface area contributed by atoms with Gasteiger partial charge in [-0.05, 0) is 62.6 Å². The van der Waals surface area contributed by atoms with E-state index in [9.17, 15) is 0 Å². The maximum Gasteiger partial charge on any atom is 0.159 e. The molecule has 0 amide bonds. The Labute approximate surface area is 173 Å². The maximum atomic E-state index is 6.57. The number of allylic oxidation sites excluding steroid dienone is 2. The number of hydrogen-bond donors (Lipinski definition) is 0. The summed E-state index contributed by atoms with van der Waals surface area (Å²) in [6.07, 6.45) is 13.6. The van der Waals surface area contributed by atoms with Crippen LogP contribution in [-0.4, -0.2) is 17.6 Å². The van der Waals surface area contributed by atoms with Crippen LogP contribution < -0.4 is 4.90 Å². The zero-order chi connectivity index (χ0) is 20.0. The van der Waals surface area contributed by atoms with E-state index in [1.165, 1.54) is 34.0 Å². The number of furan rings is 1. The predicted octanol–water partition coefficient (Wildman–Crippen LogP) is 6.93. The minimum Gasteiger partial charge on any atom is -0.454 e.